The van der Waals surface area contributed by atoms with E-state index in [4.69, 9.17) is 0 Å². The van der Waals surface area contributed by atoms with E-state index in [1.807, 2.05) is 18.1 Å². The summed E-state index contributed by atoms with van der Waals surface area (Å²) in [5.74, 6) is 0.188. The van der Waals surface area contributed by atoms with Crippen molar-refractivity contribution in [2.45, 2.75) is 26.2 Å². The second kappa shape index (κ2) is 5.21. The molecule has 1 saturated heterocycles. The molecule has 0 unspecified atom stereocenters. The Morgan fingerprint density at radius 2 is 2.18 bits per heavy atom. The van der Waals surface area contributed by atoms with E-state index in [0.717, 1.165) is 43.7 Å². The van der Waals surface area contributed by atoms with E-state index in [1.165, 1.54) is 0 Å². The van der Waals surface area contributed by atoms with E-state index in [-0.39, 0.29) is 5.91 Å². The summed E-state index contributed by atoms with van der Waals surface area (Å²) < 4.78 is 1.78. The molecule has 0 aromatic carbocycles. The predicted octanol–water partition coefficient (Wildman–Crippen LogP) is 1.02. The minimum absolute atomic E-state index is 0.188. The molecule has 2 rings (SSSR count). The van der Waals surface area contributed by atoms with Gasteiger partial charge in [0.15, 0.2) is 0 Å². The number of aryl methyl sites for hydroxylation is 2. The largest absolute Gasteiger partial charge is 0.373 e. The lowest BCUT2D eigenvalue weighted by molar-refractivity contribution is -0.128. The third-order valence-corrected chi connectivity index (χ3v) is 3.13. The quantitative estimate of drug-likeness (QED) is 0.849. The molecule has 0 atom stereocenters. The second-order valence-electron chi connectivity index (χ2n) is 4.46. The number of likely N-dealkylation sites (tertiary alicyclic amines) is 1. The highest BCUT2D eigenvalue weighted by Gasteiger charge is 2.17. The highest BCUT2D eigenvalue weighted by molar-refractivity contribution is 5.81. The fourth-order valence-corrected chi connectivity index (χ4v) is 2.19. The standard InChI is InChI=1S/C12H20N4O/c1-3-10-11(9-15(2)14-10)13-8-12(17)16-6-4-5-7-16/h9,13H,3-8H2,1-2H3. The molecule has 0 bridgehead atoms. The van der Waals surface area contributed by atoms with Gasteiger partial charge in [0.2, 0.25) is 5.91 Å². The number of carbonyl (C=O) groups is 1. The van der Waals surface area contributed by atoms with Crippen LogP contribution in [0.25, 0.3) is 0 Å². The summed E-state index contributed by atoms with van der Waals surface area (Å²) in [6.45, 7) is 4.26. The molecule has 1 aromatic heterocycles. The first-order valence-corrected chi connectivity index (χ1v) is 6.25. The van der Waals surface area contributed by atoms with Crippen LogP contribution in [-0.2, 0) is 18.3 Å². The fourth-order valence-electron chi connectivity index (χ4n) is 2.19. The molecule has 5 heteroatoms. The number of nitrogens with zero attached hydrogens (tertiary/aromatic N) is 3. The van der Waals surface area contributed by atoms with Gasteiger partial charge in [-0.2, -0.15) is 5.10 Å². The van der Waals surface area contributed by atoms with E-state index < -0.39 is 0 Å². The van der Waals surface area contributed by atoms with Gasteiger partial charge >= 0.3 is 0 Å². The third kappa shape index (κ3) is 2.78. The molecule has 1 amide bonds. The first kappa shape index (κ1) is 12.0. The zero-order valence-corrected chi connectivity index (χ0v) is 10.6. The zero-order valence-electron chi connectivity index (χ0n) is 10.6. The number of carbonyl (C=O) groups excluding carboxylic acids is 1. The van der Waals surface area contributed by atoms with Gasteiger partial charge in [-0.1, -0.05) is 6.92 Å². The van der Waals surface area contributed by atoms with Gasteiger partial charge in [0, 0.05) is 26.3 Å². The molecule has 0 aliphatic carbocycles. The maximum Gasteiger partial charge on any atom is 0.241 e. The fraction of sp³-hybridized carbons (Fsp3) is 0.667. The number of nitrogens with one attached hydrogen (secondary N) is 1. The van der Waals surface area contributed by atoms with Crippen LogP contribution in [0.3, 0.4) is 0 Å². The third-order valence-electron chi connectivity index (χ3n) is 3.13. The van der Waals surface area contributed by atoms with Crippen LogP contribution in [0.4, 0.5) is 5.69 Å². The van der Waals surface area contributed by atoms with E-state index in [1.54, 1.807) is 4.68 Å². The van der Waals surface area contributed by atoms with Crippen LogP contribution < -0.4 is 5.32 Å². The van der Waals surface area contributed by atoms with E-state index in [2.05, 4.69) is 17.3 Å². The van der Waals surface area contributed by atoms with Crippen LogP contribution in [0.15, 0.2) is 6.20 Å². The zero-order chi connectivity index (χ0) is 12.3. The molecule has 1 aliphatic rings. The minimum atomic E-state index is 0.188. The molecule has 1 aliphatic heterocycles. The Hall–Kier alpha value is -1.52. The Bertz CT molecular complexity index is 393. The molecular formula is C12H20N4O. The lowest BCUT2D eigenvalue weighted by Gasteiger charge is -2.15. The first-order chi connectivity index (χ1) is 8.20. The van der Waals surface area contributed by atoms with Crippen molar-refractivity contribution >= 4 is 11.6 Å². The average molecular weight is 236 g/mol. The molecule has 0 spiro atoms. The lowest BCUT2D eigenvalue weighted by atomic mass is 10.3. The van der Waals surface area contributed by atoms with Gasteiger partial charge in [-0.15, -0.1) is 0 Å². The van der Waals surface area contributed by atoms with E-state index in [9.17, 15) is 4.79 Å². The van der Waals surface area contributed by atoms with Gasteiger partial charge in [0.25, 0.3) is 0 Å². The number of amides is 1. The molecule has 0 radical (unpaired) electrons. The van der Waals surface area contributed by atoms with Crippen LogP contribution in [0.2, 0.25) is 0 Å². The average Bonchev–Trinajstić information content (AvgIpc) is 2.94. The van der Waals surface area contributed by atoms with Crippen LogP contribution in [0.5, 0.6) is 0 Å². The minimum Gasteiger partial charge on any atom is -0.373 e. The van der Waals surface area contributed by atoms with Crippen LogP contribution >= 0.6 is 0 Å². The van der Waals surface area contributed by atoms with Gasteiger partial charge < -0.3 is 10.2 Å². The Morgan fingerprint density at radius 3 is 2.82 bits per heavy atom. The van der Waals surface area contributed by atoms with Crippen molar-refractivity contribution in [1.29, 1.82) is 0 Å². The summed E-state index contributed by atoms with van der Waals surface area (Å²) in [6, 6.07) is 0. The Balaban J connectivity index is 1.90. The van der Waals surface area contributed by atoms with Crippen LogP contribution in [0, 0.1) is 0 Å². The summed E-state index contributed by atoms with van der Waals surface area (Å²) in [5, 5.41) is 7.52. The van der Waals surface area contributed by atoms with Crippen molar-refractivity contribution in [3.63, 3.8) is 0 Å². The van der Waals surface area contributed by atoms with Crippen LogP contribution in [0.1, 0.15) is 25.5 Å². The van der Waals surface area contributed by atoms with Crippen molar-refractivity contribution in [2.75, 3.05) is 25.0 Å². The molecule has 2 heterocycles. The maximum absolute atomic E-state index is 11.9. The summed E-state index contributed by atoms with van der Waals surface area (Å²) >= 11 is 0. The molecule has 94 valence electrons. The molecule has 1 aromatic rings. The van der Waals surface area contributed by atoms with E-state index >= 15 is 0 Å². The molecule has 1 fully saturated rings. The summed E-state index contributed by atoms with van der Waals surface area (Å²) in [6.07, 6.45) is 5.08. The second-order valence-corrected chi connectivity index (χ2v) is 4.46. The summed E-state index contributed by atoms with van der Waals surface area (Å²) in [5.41, 5.74) is 1.99. The molecule has 0 saturated carbocycles. The monoisotopic (exact) mass is 236 g/mol. The van der Waals surface area contributed by atoms with Crippen molar-refractivity contribution in [3.05, 3.63) is 11.9 Å². The Morgan fingerprint density at radius 1 is 1.47 bits per heavy atom. The van der Waals surface area contributed by atoms with Crippen molar-refractivity contribution in [2.24, 2.45) is 7.05 Å². The number of rotatable bonds is 4. The predicted molar refractivity (Wildman–Crippen MR) is 66.9 cm³/mol. The first-order valence-electron chi connectivity index (χ1n) is 6.25. The maximum atomic E-state index is 11.9. The SMILES string of the molecule is CCc1nn(C)cc1NCC(=O)N1CCCC1. The van der Waals surface area contributed by atoms with E-state index in [0.29, 0.717) is 6.54 Å². The number of hydrogen-bond acceptors (Lipinski definition) is 3. The van der Waals surface area contributed by atoms with Gasteiger partial charge in [-0.3, -0.25) is 9.48 Å². The van der Waals surface area contributed by atoms with Crippen molar-refractivity contribution < 1.29 is 4.79 Å². The van der Waals surface area contributed by atoms with Gasteiger partial charge in [-0.05, 0) is 19.3 Å². The van der Waals surface area contributed by atoms with Gasteiger partial charge in [0.05, 0.1) is 17.9 Å². The Labute approximate surface area is 102 Å². The molecule has 1 N–H and O–H groups in total. The topological polar surface area (TPSA) is 50.2 Å². The van der Waals surface area contributed by atoms with Gasteiger partial charge in [-0.25, -0.2) is 0 Å². The summed E-state index contributed by atoms with van der Waals surface area (Å²) in [7, 11) is 1.90. The lowest BCUT2D eigenvalue weighted by Crippen LogP contribution is -2.33. The highest BCUT2D eigenvalue weighted by atomic mass is 16.2. The van der Waals surface area contributed by atoms with Crippen molar-refractivity contribution in [3.8, 4) is 0 Å². The Kier molecular flexibility index (Phi) is 3.66. The summed E-state index contributed by atoms with van der Waals surface area (Å²) in [4.78, 5) is 13.8. The number of anilines is 1. The number of aromatic nitrogens is 2. The van der Waals surface area contributed by atoms with Crippen LogP contribution in [-0.4, -0.2) is 40.2 Å². The molecular weight excluding hydrogens is 216 g/mol. The number of hydrogen-bond donors (Lipinski definition) is 1. The van der Waals surface area contributed by atoms with Crippen molar-refractivity contribution in [1.82, 2.24) is 14.7 Å². The van der Waals surface area contributed by atoms with Gasteiger partial charge in [0.1, 0.15) is 0 Å². The molecule has 5 nitrogen and oxygen atoms in total. The highest BCUT2D eigenvalue weighted by Crippen LogP contribution is 2.14. The smallest absolute Gasteiger partial charge is 0.241 e. The molecule has 17 heavy (non-hydrogen) atoms. The normalized spacial score (nSPS) is 15.3.